The van der Waals surface area contributed by atoms with E-state index in [1.807, 2.05) is 13.8 Å². The first-order valence-electron chi connectivity index (χ1n) is 3.97. The van der Waals surface area contributed by atoms with E-state index >= 15 is 0 Å². The minimum absolute atomic E-state index is 0.0710. The molecule has 0 N–H and O–H groups in total. The third kappa shape index (κ3) is 1.90. The Morgan fingerprint density at radius 2 is 2.33 bits per heavy atom. The largest absolute Gasteiger partial charge is 0.299 e. The molecule has 0 fully saturated rings. The quantitative estimate of drug-likeness (QED) is 0.661. The Balaban J connectivity index is 2.64. The monoisotopic (exact) mass is 167 g/mol. The summed E-state index contributed by atoms with van der Waals surface area (Å²) in [6.07, 6.45) is 1.84. The van der Waals surface area contributed by atoms with Gasteiger partial charge in [-0.15, -0.1) is 0 Å². The summed E-state index contributed by atoms with van der Waals surface area (Å²) in [6.45, 7) is 3.78. The second-order valence-corrected chi connectivity index (χ2v) is 3.10. The van der Waals surface area contributed by atoms with E-state index in [0.717, 1.165) is 5.82 Å². The number of carbonyl (C=O) groups is 1. The molecule has 0 aliphatic carbocycles. The smallest absolute Gasteiger partial charge is 0.142 e. The fourth-order valence-electron chi connectivity index (χ4n) is 0.840. The molecule has 0 spiro atoms. The van der Waals surface area contributed by atoms with Crippen molar-refractivity contribution in [2.45, 2.75) is 20.3 Å². The molecule has 0 saturated carbocycles. The van der Waals surface area contributed by atoms with Gasteiger partial charge in [-0.05, 0) is 0 Å². The van der Waals surface area contributed by atoms with Crippen molar-refractivity contribution in [2.75, 3.05) is 0 Å². The van der Waals surface area contributed by atoms with Gasteiger partial charge in [-0.2, -0.15) is 5.10 Å². The summed E-state index contributed by atoms with van der Waals surface area (Å²) in [7, 11) is 1.79. The third-order valence-corrected chi connectivity index (χ3v) is 1.78. The van der Waals surface area contributed by atoms with Gasteiger partial charge in [0.1, 0.15) is 17.9 Å². The van der Waals surface area contributed by atoms with Crippen LogP contribution in [0.4, 0.5) is 0 Å². The van der Waals surface area contributed by atoms with Gasteiger partial charge in [-0.25, -0.2) is 4.98 Å². The molecule has 1 aromatic rings. The number of hydrogen-bond donors (Lipinski definition) is 0. The van der Waals surface area contributed by atoms with E-state index < -0.39 is 0 Å². The first kappa shape index (κ1) is 8.90. The normalized spacial score (nSPS) is 10.7. The molecule has 4 heteroatoms. The van der Waals surface area contributed by atoms with Crippen LogP contribution >= 0.6 is 0 Å². The molecule has 0 bridgehead atoms. The van der Waals surface area contributed by atoms with Crippen molar-refractivity contribution in [3.05, 3.63) is 12.2 Å². The SMILES string of the molecule is CC(C)C(=O)Cc1ncnn1C. The molecule has 0 aromatic carbocycles. The van der Waals surface area contributed by atoms with E-state index in [1.165, 1.54) is 6.33 Å². The van der Waals surface area contributed by atoms with Crippen LogP contribution in [0.25, 0.3) is 0 Å². The summed E-state index contributed by atoms with van der Waals surface area (Å²) in [6, 6.07) is 0. The van der Waals surface area contributed by atoms with Crippen molar-refractivity contribution >= 4 is 5.78 Å². The second kappa shape index (κ2) is 3.47. The van der Waals surface area contributed by atoms with Crippen LogP contribution in [0, 0.1) is 5.92 Å². The molecule has 1 heterocycles. The van der Waals surface area contributed by atoms with Gasteiger partial charge in [-0.3, -0.25) is 9.48 Å². The van der Waals surface area contributed by atoms with Crippen LogP contribution < -0.4 is 0 Å². The van der Waals surface area contributed by atoms with Crippen molar-refractivity contribution < 1.29 is 4.79 Å². The highest BCUT2D eigenvalue weighted by Gasteiger charge is 2.11. The molecule has 66 valence electrons. The molecule has 12 heavy (non-hydrogen) atoms. The standard InChI is InChI=1S/C8H13N3O/c1-6(2)7(12)4-8-9-5-10-11(8)3/h5-6H,4H2,1-3H3. The molecule has 0 aliphatic rings. The van der Waals surface area contributed by atoms with E-state index in [-0.39, 0.29) is 11.7 Å². The van der Waals surface area contributed by atoms with Gasteiger partial charge >= 0.3 is 0 Å². The van der Waals surface area contributed by atoms with Crippen LogP contribution in [-0.4, -0.2) is 20.5 Å². The van der Waals surface area contributed by atoms with Crippen LogP contribution in [0.3, 0.4) is 0 Å². The number of nitrogens with zero attached hydrogens (tertiary/aromatic N) is 3. The first-order valence-corrected chi connectivity index (χ1v) is 3.97. The molecule has 4 nitrogen and oxygen atoms in total. The number of hydrogen-bond acceptors (Lipinski definition) is 3. The first-order chi connectivity index (χ1) is 5.61. The highest BCUT2D eigenvalue weighted by molar-refractivity contribution is 5.81. The molecule has 0 saturated heterocycles. The third-order valence-electron chi connectivity index (χ3n) is 1.78. The Hall–Kier alpha value is -1.19. The van der Waals surface area contributed by atoms with Crippen LogP contribution in [0.1, 0.15) is 19.7 Å². The average molecular weight is 167 g/mol. The zero-order valence-corrected chi connectivity index (χ0v) is 7.61. The Morgan fingerprint density at radius 1 is 1.67 bits per heavy atom. The van der Waals surface area contributed by atoms with Crippen molar-refractivity contribution in [3.63, 3.8) is 0 Å². The van der Waals surface area contributed by atoms with Gasteiger partial charge in [0.15, 0.2) is 0 Å². The summed E-state index contributed by atoms with van der Waals surface area (Å²) in [5.74, 6) is 1.00. The maximum Gasteiger partial charge on any atom is 0.142 e. The van der Waals surface area contributed by atoms with E-state index in [4.69, 9.17) is 0 Å². The second-order valence-electron chi connectivity index (χ2n) is 3.10. The zero-order chi connectivity index (χ0) is 9.14. The maximum absolute atomic E-state index is 11.3. The molecule has 0 aliphatic heterocycles. The van der Waals surface area contributed by atoms with Crippen LogP contribution in [0.2, 0.25) is 0 Å². The Morgan fingerprint density at radius 3 is 2.75 bits per heavy atom. The minimum atomic E-state index is 0.0710. The lowest BCUT2D eigenvalue weighted by Crippen LogP contribution is -2.13. The van der Waals surface area contributed by atoms with Crippen molar-refractivity contribution in [2.24, 2.45) is 13.0 Å². The van der Waals surface area contributed by atoms with E-state index in [1.54, 1.807) is 11.7 Å². The highest BCUT2D eigenvalue weighted by Crippen LogP contribution is 2.01. The maximum atomic E-state index is 11.3. The van der Waals surface area contributed by atoms with E-state index in [2.05, 4.69) is 10.1 Å². The number of Topliss-reactive ketones (excluding diaryl/α,β-unsaturated/α-hetero) is 1. The van der Waals surface area contributed by atoms with Crippen molar-refractivity contribution in [1.82, 2.24) is 14.8 Å². The highest BCUT2D eigenvalue weighted by atomic mass is 16.1. The number of ketones is 1. The Kier molecular flexibility index (Phi) is 2.58. The lowest BCUT2D eigenvalue weighted by Gasteiger charge is -2.02. The summed E-state index contributed by atoms with van der Waals surface area (Å²) in [5, 5.41) is 3.88. The predicted molar refractivity (Wildman–Crippen MR) is 44.6 cm³/mol. The summed E-state index contributed by atoms with van der Waals surface area (Å²) < 4.78 is 1.63. The van der Waals surface area contributed by atoms with Crippen LogP contribution in [0.15, 0.2) is 6.33 Å². The van der Waals surface area contributed by atoms with Crippen molar-refractivity contribution in [1.29, 1.82) is 0 Å². The van der Waals surface area contributed by atoms with Crippen molar-refractivity contribution in [3.8, 4) is 0 Å². The number of rotatable bonds is 3. The fraction of sp³-hybridized carbons (Fsp3) is 0.625. The lowest BCUT2D eigenvalue weighted by molar-refractivity contribution is -0.121. The number of aromatic nitrogens is 3. The molecule has 0 radical (unpaired) electrons. The fourth-order valence-corrected chi connectivity index (χ4v) is 0.840. The number of carbonyl (C=O) groups excluding carboxylic acids is 1. The minimum Gasteiger partial charge on any atom is -0.299 e. The molecule has 1 aromatic heterocycles. The average Bonchev–Trinajstić information content (AvgIpc) is 2.36. The molecular weight excluding hydrogens is 154 g/mol. The number of aryl methyl sites for hydroxylation is 1. The lowest BCUT2D eigenvalue weighted by atomic mass is 10.1. The summed E-state index contributed by atoms with van der Waals surface area (Å²) in [5.41, 5.74) is 0. The zero-order valence-electron chi connectivity index (χ0n) is 7.61. The van der Waals surface area contributed by atoms with E-state index in [0.29, 0.717) is 6.42 Å². The predicted octanol–water partition coefficient (Wildman–Crippen LogP) is 0.583. The molecule has 0 amide bonds. The summed E-state index contributed by atoms with van der Waals surface area (Å²) in [4.78, 5) is 15.3. The molecular formula is C8H13N3O. The topological polar surface area (TPSA) is 47.8 Å². The van der Waals surface area contributed by atoms with Gasteiger partial charge in [0.2, 0.25) is 0 Å². The van der Waals surface area contributed by atoms with Gasteiger partial charge in [0.05, 0.1) is 6.42 Å². The van der Waals surface area contributed by atoms with Gasteiger partial charge in [0.25, 0.3) is 0 Å². The van der Waals surface area contributed by atoms with Gasteiger partial charge in [0, 0.05) is 13.0 Å². The van der Waals surface area contributed by atoms with Crippen LogP contribution in [-0.2, 0) is 18.3 Å². The molecule has 1 rings (SSSR count). The van der Waals surface area contributed by atoms with Gasteiger partial charge in [-0.1, -0.05) is 13.8 Å². The molecule has 0 atom stereocenters. The molecule has 0 unspecified atom stereocenters. The van der Waals surface area contributed by atoms with E-state index in [9.17, 15) is 4.79 Å². The summed E-state index contributed by atoms with van der Waals surface area (Å²) >= 11 is 0. The Labute approximate surface area is 71.6 Å². The van der Waals surface area contributed by atoms with Gasteiger partial charge < -0.3 is 0 Å². The van der Waals surface area contributed by atoms with Crippen LogP contribution in [0.5, 0.6) is 0 Å². The Bertz CT molecular complexity index is 278.